The van der Waals surface area contributed by atoms with E-state index in [2.05, 4.69) is 5.32 Å². The van der Waals surface area contributed by atoms with E-state index in [4.69, 9.17) is 0 Å². The maximum absolute atomic E-state index is 12.0. The third kappa shape index (κ3) is 1.73. The van der Waals surface area contributed by atoms with Crippen LogP contribution in [-0.4, -0.2) is 28.3 Å². The molecule has 4 amide bonds. The number of imide groups is 2. The molecule has 1 rings (SSSR count). The largest absolute Gasteiger partial charge is 0.331 e. The molecule has 1 fully saturated rings. The van der Waals surface area contributed by atoms with Gasteiger partial charge in [0.1, 0.15) is 5.41 Å². The molecule has 5 nitrogen and oxygen atoms in total. The lowest BCUT2D eigenvalue weighted by Gasteiger charge is -2.41. The summed E-state index contributed by atoms with van der Waals surface area (Å²) in [6.45, 7) is 8.26. The van der Waals surface area contributed by atoms with Gasteiger partial charge >= 0.3 is 6.03 Å². The summed E-state index contributed by atoms with van der Waals surface area (Å²) in [5.41, 5.74) is -1.81. The van der Waals surface area contributed by atoms with Gasteiger partial charge in [0.15, 0.2) is 0 Å². The van der Waals surface area contributed by atoms with Crippen molar-refractivity contribution in [3.05, 3.63) is 0 Å². The minimum atomic E-state index is -1.18. The molecule has 0 spiro atoms. The second-order valence-corrected chi connectivity index (χ2v) is 5.20. The van der Waals surface area contributed by atoms with Gasteiger partial charge in [-0.2, -0.15) is 0 Å². The lowest BCUT2D eigenvalue weighted by atomic mass is 9.86. The topological polar surface area (TPSA) is 66.5 Å². The van der Waals surface area contributed by atoms with Gasteiger partial charge in [-0.3, -0.25) is 19.8 Å². The van der Waals surface area contributed by atoms with E-state index >= 15 is 0 Å². The molecule has 0 aromatic heterocycles. The van der Waals surface area contributed by atoms with Crippen molar-refractivity contribution in [3.8, 4) is 0 Å². The minimum Gasteiger partial charge on any atom is -0.277 e. The van der Waals surface area contributed by atoms with Crippen LogP contribution >= 0.6 is 0 Å². The average molecular weight is 212 g/mol. The molecule has 1 saturated heterocycles. The molecule has 0 unspecified atom stereocenters. The lowest BCUT2D eigenvalue weighted by molar-refractivity contribution is -0.152. The zero-order valence-electron chi connectivity index (χ0n) is 9.67. The third-order valence-corrected chi connectivity index (χ3v) is 2.40. The van der Waals surface area contributed by atoms with Crippen LogP contribution in [0.5, 0.6) is 0 Å². The van der Waals surface area contributed by atoms with Gasteiger partial charge in [0.25, 0.3) is 0 Å². The number of carbonyl (C=O) groups is 3. The van der Waals surface area contributed by atoms with E-state index in [1.807, 2.05) is 0 Å². The second-order valence-electron chi connectivity index (χ2n) is 5.20. The van der Waals surface area contributed by atoms with Crippen LogP contribution in [0.2, 0.25) is 0 Å². The van der Waals surface area contributed by atoms with E-state index < -0.39 is 28.8 Å². The molecular weight excluding hydrogens is 196 g/mol. The number of hydrogen-bond acceptors (Lipinski definition) is 3. The van der Waals surface area contributed by atoms with Crippen LogP contribution in [0.25, 0.3) is 0 Å². The number of nitrogens with zero attached hydrogens (tertiary/aromatic N) is 1. The van der Waals surface area contributed by atoms with Crippen LogP contribution in [0.15, 0.2) is 0 Å². The SMILES string of the molecule is CC1(C)C(=O)NC(=O)N(C(C)(C)C)C1=O. The van der Waals surface area contributed by atoms with Crippen LogP contribution < -0.4 is 5.32 Å². The molecule has 0 atom stereocenters. The normalized spacial score (nSPS) is 21.7. The predicted octanol–water partition coefficient (Wildman–Crippen LogP) is 0.889. The molecule has 1 N–H and O–H groups in total. The van der Waals surface area contributed by atoms with Gasteiger partial charge in [0.05, 0.1) is 0 Å². The number of carbonyl (C=O) groups excluding carboxylic acids is 3. The summed E-state index contributed by atoms with van der Waals surface area (Å²) in [6.07, 6.45) is 0. The number of rotatable bonds is 0. The summed E-state index contributed by atoms with van der Waals surface area (Å²) in [4.78, 5) is 36.0. The molecule has 84 valence electrons. The van der Waals surface area contributed by atoms with Crippen molar-refractivity contribution in [1.29, 1.82) is 0 Å². The van der Waals surface area contributed by atoms with Crippen LogP contribution in [0.3, 0.4) is 0 Å². The van der Waals surface area contributed by atoms with Crippen molar-refractivity contribution in [1.82, 2.24) is 10.2 Å². The Balaban J connectivity index is 3.16. The molecule has 0 aromatic rings. The quantitative estimate of drug-likeness (QED) is 0.606. The van der Waals surface area contributed by atoms with Gasteiger partial charge in [-0.15, -0.1) is 0 Å². The Hall–Kier alpha value is -1.39. The Kier molecular flexibility index (Phi) is 2.38. The van der Waals surface area contributed by atoms with Crippen molar-refractivity contribution < 1.29 is 14.4 Å². The Morgan fingerprint density at radius 3 is 2.00 bits per heavy atom. The Morgan fingerprint density at radius 2 is 1.60 bits per heavy atom. The monoisotopic (exact) mass is 212 g/mol. The second kappa shape index (κ2) is 3.05. The van der Waals surface area contributed by atoms with E-state index in [-0.39, 0.29) is 0 Å². The first-order chi connectivity index (χ1) is 6.58. The van der Waals surface area contributed by atoms with Crippen molar-refractivity contribution in [2.75, 3.05) is 0 Å². The molecule has 0 saturated carbocycles. The number of amides is 4. The van der Waals surface area contributed by atoms with Crippen molar-refractivity contribution in [2.45, 2.75) is 40.2 Å². The van der Waals surface area contributed by atoms with Crippen molar-refractivity contribution >= 4 is 17.8 Å². The Labute approximate surface area is 88.8 Å². The number of hydrogen-bond donors (Lipinski definition) is 1. The molecule has 5 heteroatoms. The molecule has 0 radical (unpaired) electrons. The molecule has 15 heavy (non-hydrogen) atoms. The first-order valence-corrected chi connectivity index (χ1v) is 4.78. The highest BCUT2D eigenvalue weighted by Crippen LogP contribution is 2.28. The van der Waals surface area contributed by atoms with E-state index in [1.54, 1.807) is 20.8 Å². The van der Waals surface area contributed by atoms with Crippen LogP contribution in [0, 0.1) is 5.41 Å². The maximum atomic E-state index is 12.0. The lowest BCUT2D eigenvalue weighted by Crippen LogP contribution is -2.66. The van der Waals surface area contributed by atoms with Crippen molar-refractivity contribution in [3.63, 3.8) is 0 Å². The van der Waals surface area contributed by atoms with Crippen LogP contribution in [-0.2, 0) is 9.59 Å². The molecule has 0 aromatic carbocycles. The molecule has 0 bridgehead atoms. The third-order valence-electron chi connectivity index (χ3n) is 2.40. The van der Waals surface area contributed by atoms with Gasteiger partial charge in [-0.05, 0) is 34.6 Å². The average Bonchev–Trinajstić information content (AvgIpc) is 1.98. The Bertz CT molecular complexity index is 339. The van der Waals surface area contributed by atoms with Gasteiger partial charge < -0.3 is 0 Å². The number of barbiturate groups is 1. The molecular formula is C10H16N2O3. The molecule has 1 aliphatic rings. The van der Waals surface area contributed by atoms with Crippen LogP contribution in [0.1, 0.15) is 34.6 Å². The zero-order valence-corrected chi connectivity index (χ0v) is 9.67. The fourth-order valence-corrected chi connectivity index (χ4v) is 1.39. The van der Waals surface area contributed by atoms with Crippen molar-refractivity contribution in [2.24, 2.45) is 5.41 Å². The summed E-state index contributed by atoms with van der Waals surface area (Å²) >= 11 is 0. The van der Waals surface area contributed by atoms with Crippen LogP contribution in [0.4, 0.5) is 4.79 Å². The first-order valence-electron chi connectivity index (χ1n) is 4.78. The summed E-state index contributed by atoms with van der Waals surface area (Å²) in [7, 11) is 0. The minimum absolute atomic E-state index is 0.455. The summed E-state index contributed by atoms with van der Waals surface area (Å²) in [5.74, 6) is -0.998. The smallest absolute Gasteiger partial charge is 0.277 e. The van der Waals surface area contributed by atoms with E-state index in [1.165, 1.54) is 13.8 Å². The number of nitrogens with one attached hydrogen (secondary N) is 1. The van der Waals surface area contributed by atoms with E-state index in [0.29, 0.717) is 0 Å². The van der Waals surface area contributed by atoms with E-state index in [0.717, 1.165) is 4.90 Å². The standard InChI is InChI=1S/C10H16N2O3/c1-9(2,3)12-7(14)10(4,5)6(13)11-8(12)15/h1-5H3,(H,11,13,15). The fraction of sp³-hybridized carbons (Fsp3) is 0.700. The highest BCUT2D eigenvalue weighted by Gasteiger charge is 2.50. The molecule has 1 heterocycles. The molecule has 0 aliphatic carbocycles. The Morgan fingerprint density at radius 1 is 1.13 bits per heavy atom. The van der Waals surface area contributed by atoms with E-state index in [9.17, 15) is 14.4 Å². The number of urea groups is 1. The summed E-state index contributed by atoms with van der Waals surface area (Å²) in [5, 5.41) is 2.18. The fourth-order valence-electron chi connectivity index (χ4n) is 1.39. The summed E-state index contributed by atoms with van der Waals surface area (Å²) in [6, 6.07) is -0.642. The molecule has 1 aliphatic heterocycles. The highest BCUT2D eigenvalue weighted by molar-refractivity contribution is 6.18. The summed E-state index contributed by atoms with van der Waals surface area (Å²) < 4.78 is 0. The van der Waals surface area contributed by atoms with Gasteiger partial charge in [0.2, 0.25) is 11.8 Å². The zero-order chi connectivity index (χ0) is 12.0. The van der Waals surface area contributed by atoms with Gasteiger partial charge in [-0.1, -0.05) is 0 Å². The predicted molar refractivity (Wildman–Crippen MR) is 53.9 cm³/mol. The van der Waals surface area contributed by atoms with Gasteiger partial charge in [0, 0.05) is 5.54 Å². The maximum Gasteiger partial charge on any atom is 0.331 e. The first kappa shape index (κ1) is 11.7. The highest BCUT2D eigenvalue weighted by atomic mass is 16.2. The van der Waals surface area contributed by atoms with Gasteiger partial charge in [-0.25, -0.2) is 4.79 Å².